The fraction of sp³-hybridized carbons (Fsp3) is 0.227. The molecule has 0 saturated carbocycles. The number of hydrogen-bond donors (Lipinski definition) is 2. The number of nitriles is 1. The van der Waals surface area contributed by atoms with E-state index in [2.05, 4.69) is 5.32 Å². The summed E-state index contributed by atoms with van der Waals surface area (Å²) >= 11 is 18.0. The quantitative estimate of drug-likeness (QED) is 0.553. The molecule has 2 amide bonds. The molecule has 170 valence electrons. The number of rotatable bonds is 6. The predicted molar refractivity (Wildman–Crippen MR) is 130 cm³/mol. The maximum Gasteiger partial charge on any atom is 0.303 e. The van der Waals surface area contributed by atoms with Gasteiger partial charge in [-0.3, -0.25) is 19.3 Å². The number of halogens is 2. The van der Waals surface area contributed by atoms with Gasteiger partial charge in [-0.05, 0) is 62.5 Å². The third-order valence-electron chi connectivity index (χ3n) is 5.05. The van der Waals surface area contributed by atoms with Gasteiger partial charge < -0.3 is 15.3 Å². The van der Waals surface area contributed by atoms with E-state index < -0.39 is 17.4 Å². The molecule has 0 atom stereocenters. The number of carboxylic acids is 1. The van der Waals surface area contributed by atoms with Crippen molar-refractivity contribution in [2.24, 2.45) is 0 Å². The van der Waals surface area contributed by atoms with Crippen LogP contribution in [0.25, 0.3) is 0 Å². The van der Waals surface area contributed by atoms with Gasteiger partial charge in [-0.15, -0.1) is 0 Å². The van der Waals surface area contributed by atoms with Crippen molar-refractivity contribution in [3.63, 3.8) is 0 Å². The highest BCUT2D eigenvalue weighted by Crippen LogP contribution is 2.39. The SMILES string of the molecule is CC1(C)C(=O)N(c2ccc(C#N)c(Cl)c2)C(=S)N1c1ccc(Cl)c(NC(=O)CCC(=O)O)c1. The maximum absolute atomic E-state index is 13.3. The van der Waals surface area contributed by atoms with Crippen molar-refractivity contribution in [1.82, 2.24) is 0 Å². The molecule has 0 radical (unpaired) electrons. The van der Waals surface area contributed by atoms with Crippen LogP contribution in [0, 0.1) is 11.3 Å². The average Bonchev–Trinajstić information content (AvgIpc) is 2.92. The zero-order valence-corrected chi connectivity index (χ0v) is 19.9. The Morgan fingerprint density at radius 2 is 1.79 bits per heavy atom. The molecule has 33 heavy (non-hydrogen) atoms. The summed E-state index contributed by atoms with van der Waals surface area (Å²) in [6, 6.07) is 11.3. The number of hydrogen-bond acceptors (Lipinski definition) is 5. The van der Waals surface area contributed by atoms with Gasteiger partial charge in [0.2, 0.25) is 5.91 Å². The molecular weight excluding hydrogens is 487 g/mol. The molecule has 0 aliphatic carbocycles. The van der Waals surface area contributed by atoms with Crippen molar-refractivity contribution in [3.8, 4) is 6.07 Å². The summed E-state index contributed by atoms with van der Waals surface area (Å²) in [5, 5.41) is 21.1. The Morgan fingerprint density at radius 3 is 2.39 bits per heavy atom. The minimum Gasteiger partial charge on any atom is -0.481 e. The first-order valence-electron chi connectivity index (χ1n) is 9.67. The number of carboxylic acid groups (broad SMARTS) is 1. The lowest BCUT2D eigenvalue weighted by molar-refractivity contribution is -0.138. The summed E-state index contributed by atoms with van der Waals surface area (Å²) in [6.07, 6.45) is -0.530. The summed E-state index contributed by atoms with van der Waals surface area (Å²) < 4.78 is 0. The van der Waals surface area contributed by atoms with E-state index in [0.29, 0.717) is 11.4 Å². The first-order chi connectivity index (χ1) is 15.5. The number of amides is 2. The molecule has 1 aliphatic rings. The van der Waals surface area contributed by atoms with Crippen molar-refractivity contribution >= 4 is 75.4 Å². The molecule has 1 fully saturated rings. The van der Waals surface area contributed by atoms with Gasteiger partial charge in [-0.1, -0.05) is 23.2 Å². The molecule has 2 aromatic rings. The van der Waals surface area contributed by atoms with Crippen LogP contribution in [0.4, 0.5) is 17.1 Å². The van der Waals surface area contributed by atoms with E-state index in [-0.39, 0.29) is 45.2 Å². The van der Waals surface area contributed by atoms with Crippen LogP contribution in [-0.2, 0) is 14.4 Å². The van der Waals surface area contributed by atoms with E-state index in [1.807, 2.05) is 6.07 Å². The second-order valence-corrected chi connectivity index (χ2v) is 8.88. The number of anilines is 3. The second kappa shape index (κ2) is 9.35. The molecule has 8 nitrogen and oxygen atoms in total. The molecule has 11 heteroatoms. The van der Waals surface area contributed by atoms with Gasteiger partial charge in [-0.25, -0.2) is 0 Å². The lowest BCUT2D eigenvalue weighted by Crippen LogP contribution is -2.44. The third-order valence-corrected chi connectivity index (χ3v) is 6.05. The number of thiocarbonyl (C=S) groups is 1. The third kappa shape index (κ3) is 4.78. The van der Waals surface area contributed by atoms with Crippen LogP contribution in [-0.4, -0.2) is 33.5 Å². The van der Waals surface area contributed by atoms with Gasteiger partial charge in [0.15, 0.2) is 5.11 Å². The predicted octanol–water partition coefficient (Wildman–Crippen LogP) is 4.59. The fourth-order valence-electron chi connectivity index (χ4n) is 3.37. The summed E-state index contributed by atoms with van der Waals surface area (Å²) in [4.78, 5) is 39.1. The van der Waals surface area contributed by atoms with Crippen LogP contribution in [0.2, 0.25) is 10.0 Å². The molecule has 1 aliphatic heterocycles. The summed E-state index contributed by atoms with van der Waals surface area (Å²) in [5.41, 5.74) is 0.361. The van der Waals surface area contributed by atoms with Gasteiger partial charge in [0, 0.05) is 12.1 Å². The highest BCUT2D eigenvalue weighted by atomic mass is 35.5. The Morgan fingerprint density at radius 1 is 1.12 bits per heavy atom. The number of carbonyl (C=O) groups is 3. The molecule has 0 aromatic heterocycles. The van der Waals surface area contributed by atoms with Crippen LogP contribution in [0.1, 0.15) is 32.3 Å². The van der Waals surface area contributed by atoms with E-state index in [9.17, 15) is 14.4 Å². The van der Waals surface area contributed by atoms with Gasteiger partial charge in [0.25, 0.3) is 5.91 Å². The zero-order chi connectivity index (χ0) is 24.5. The fourth-order valence-corrected chi connectivity index (χ4v) is 4.27. The highest BCUT2D eigenvalue weighted by molar-refractivity contribution is 7.81. The molecule has 0 spiro atoms. The van der Waals surface area contributed by atoms with Crippen LogP contribution < -0.4 is 15.1 Å². The first-order valence-corrected chi connectivity index (χ1v) is 10.8. The molecule has 1 heterocycles. The van der Waals surface area contributed by atoms with Crippen LogP contribution in [0.15, 0.2) is 36.4 Å². The maximum atomic E-state index is 13.3. The monoisotopic (exact) mass is 504 g/mol. The lowest BCUT2D eigenvalue weighted by atomic mass is 10.0. The van der Waals surface area contributed by atoms with E-state index in [4.69, 9.17) is 45.8 Å². The summed E-state index contributed by atoms with van der Waals surface area (Å²) in [7, 11) is 0. The molecule has 1 saturated heterocycles. The Balaban J connectivity index is 1.96. The van der Waals surface area contributed by atoms with E-state index >= 15 is 0 Å². The number of carbonyl (C=O) groups excluding carboxylic acids is 2. The molecule has 3 rings (SSSR count). The minimum atomic E-state index is -1.09. The molecule has 2 N–H and O–H groups in total. The number of aliphatic carboxylic acids is 1. The van der Waals surface area contributed by atoms with Crippen LogP contribution in [0.5, 0.6) is 0 Å². The van der Waals surface area contributed by atoms with Crippen molar-refractivity contribution in [2.75, 3.05) is 15.1 Å². The van der Waals surface area contributed by atoms with Gasteiger partial charge in [-0.2, -0.15) is 5.26 Å². The Kier molecular flexibility index (Phi) is 6.93. The highest BCUT2D eigenvalue weighted by Gasteiger charge is 2.50. The van der Waals surface area contributed by atoms with Gasteiger partial charge in [0.1, 0.15) is 11.6 Å². The Labute approximate surface area is 205 Å². The average molecular weight is 505 g/mol. The van der Waals surface area contributed by atoms with E-state index in [0.717, 1.165) is 0 Å². The first kappa shape index (κ1) is 24.5. The van der Waals surface area contributed by atoms with Gasteiger partial charge >= 0.3 is 5.97 Å². The van der Waals surface area contributed by atoms with Crippen molar-refractivity contribution in [3.05, 3.63) is 52.0 Å². The lowest BCUT2D eigenvalue weighted by Gasteiger charge is -2.30. The summed E-state index contributed by atoms with van der Waals surface area (Å²) in [6.45, 7) is 3.40. The topological polar surface area (TPSA) is 114 Å². The Hall–Kier alpha value is -3.19. The van der Waals surface area contributed by atoms with Crippen molar-refractivity contribution in [2.45, 2.75) is 32.2 Å². The zero-order valence-electron chi connectivity index (χ0n) is 17.6. The second-order valence-electron chi connectivity index (χ2n) is 7.70. The minimum absolute atomic E-state index is 0.177. The number of benzene rings is 2. The van der Waals surface area contributed by atoms with Crippen molar-refractivity contribution in [1.29, 1.82) is 5.26 Å². The van der Waals surface area contributed by atoms with E-state index in [1.165, 1.54) is 17.0 Å². The largest absolute Gasteiger partial charge is 0.481 e. The molecule has 0 unspecified atom stereocenters. The summed E-state index contributed by atoms with van der Waals surface area (Å²) in [5.74, 6) is -1.91. The standard InChI is InChI=1S/C22H18Cl2N4O4S/c1-22(2)20(32)27(13-4-3-12(11-25)16(24)9-13)21(33)28(22)14-5-6-15(23)17(10-14)26-18(29)7-8-19(30)31/h3-6,9-10H,7-8H2,1-2H3,(H,26,29)(H,30,31). The smallest absolute Gasteiger partial charge is 0.303 e. The normalized spacial score (nSPS) is 14.9. The van der Waals surface area contributed by atoms with Crippen molar-refractivity contribution < 1.29 is 19.5 Å². The van der Waals surface area contributed by atoms with Crippen LogP contribution in [0.3, 0.4) is 0 Å². The molecule has 2 aromatic carbocycles. The number of nitrogens with zero attached hydrogens (tertiary/aromatic N) is 3. The number of nitrogens with one attached hydrogen (secondary N) is 1. The van der Waals surface area contributed by atoms with E-state index in [1.54, 1.807) is 43.0 Å². The van der Waals surface area contributed by atoms with Crippen LogP contribution >= 0.6 is 35.4 Å². The Bertz CT molecular complexity index is 1230. The van der Waals surface area contributed by atoms with Gasteiger partial charge in [0.05, 0.1) is 33.4 Å². The molecule has 0 bridgehead atoms. The molecular formula is C22H18Cl2N4O4S.